The molecule has 1 aromatic carbocycles. The van der Waals surface area contributed by atoms with Gasteiger partial charge in [-0.1, -0.05) is 48.1 Å². The van der Waals surface area contributed by atoms with Crippen LogP contribution in [0, 0.1) is 17.6 Å². The largest absolute Gasteiger partial charge is 0.348 e. The summed E-state index contributed by atoms with van der Waals surface area (Å²) in [6, 6.07) is 8.62. The zero-order chi connectivity index (χ0) is 25.9. The quantitative estimate of drug-likeness (QED) is 0.426. The average Bonchev–Trinajstić information content (AvgIpc) is 3.34. The molecule has 2 aliphatic heterocycles. The molecule has 2 saturated heterocycles. The number of amides is 1. The van der Waals surface area contributed by atoms with Crippen molar-refractivity contribution in [3.05, 3.63) is 63.8 Å². The molecule has 0 bridgehead atoms. The maximum Gasteiger partial charge on any atom is 0.264 e. The van der Waals surface area contributed by atoms with Crippen molar-refractivity contribution in [2.75, 3.05) is 31.1 Å². The van der Waals surface area contributed by atoms with Gasteiger partial charge in [-0.05, 0) is 44.2 Å². The lowest BCUT2D eigenvalue weighted by Gasteiger charge is -2.41. The van der Waals surface area contributed by atoms with Crippen molar-refractivity contribution in [3.8, 4) is 11.3 Å². The molecular formula is C27H30ClF2N5OS. The molecule has 0 aliphatic carbocycles. The predicted octanol–water partition coefficient (Wildman–Crippen LogP) is 5.77. The standard InChI is InChI=1S/C27H30ClF2N5OS/c1-17-5-4-10-35(16-17)19-8-11-34(12-9-19)27-33-24(20-6-2-3-7-21(20)28)25(37-27)26(36)32-15-23-22(30)13-18(29)14-31-23/h2-3,6-7,13-14,17,19H,4-5,8-12,15-16H2,1H3,(H,32,36)/t17-/m1/s1. The van der Waals surface area contributed by atoms with Gasteiger partial charge in [0.25, 0.3) is 5.91 Å². The molecule has 10 heteroatoms. The van der Waals surface area contributed by atoms with Gasteiger partial charge in [0.1, 0.15) is 16.5 Å². The molecule has 37 heavy (non-hydrogen) atoms. The van der Waals surface area contributed by atoms with Gasteiger partial charge in [0.15, 0.2) is 5.13 Å². The van der Waals surface area contributed by atoms with E-state index in [1.807, 2.05) is 18.2 Å². The molecule has 1 N–H and O–H groups in total. The maximum atomic E-state index is 14.0. The molecule has 1 atom stereocenters. The first-order valence-electron chi connectivity index (χ1n) is 12.7. The lowest BCUT2D eigenvalue weighted by Crippen LogP contribution is -2.48. The predicted molar refractivity (Wildman–Crippen MR) is 143 cm³/mol. The van der Waals surface area contributed by atoms with E-state index >= 15 is 0 Å². The van der Waals surface area contributed by atoms with Gasteiger partial charge in [-0.2, -0.15) is 0 Å². The summed E-state index contributed by atoms with van der Waals surface area (Å²) in [6.07, 6.45) is 5.63. The number of hydrogen-bond acceptors (Lipinski definition) is 6. The Balaban J connectivity index is 1.34. The van der Waals surface area contributed by atoms with E-state index in [2.05, 4.69) is 27.0 Å². The number of thiazole rings is 1. The highest BCUT2D eigenvalue weighted by atomic mass is 35.5. The molecule has 196 valence electrons. The van der Waals surface area contributed by atoms with Crippen LogP contribution >= 0.6 is 22.9 Å². The summed E-state index contributed by atoms with van der Waals surface area (Å²) >= 11 is 7.79. The fraction of sp³-hybridized carbons (Fsp3) is 0.444. The van der Waals surface area contributed by atoms with Gasteiger partial charge >= 0.3 is 0 Å². The number of hydrogen-bond donors (Lipinski definition) is 1. The molecule has 2 fully saturated rings. The summed E-state index contributed by atoms with van der Waals surface area (Å²) < 4.78 is 27.2. The van der Waals surface area contributed by atoms with E-state index in [1.54, 1.807) is 6.07 Å². The van der Waals surface area contributed by atoms with Crippen molar-refractivity contribution in [2.45, 2.75) is 45.2 Å². The molecule has 2 aliphatic rings. The Labute approximate surface area is 224 Å². The van der Waals surface area contributed by atoms with Crippen LogP contribution in [0.4, 0.5) is 13.9 Å². The van der Waals surface area contributed by atoms with Crippen LogP contribution in [-0.4, -0.2) is 53.0 Å². The third-order valence-corrected chi connectivity index (χ3v) is 8.64. The summed E-state index contributed by atoms with van der Waals surface area (Å²) in [5.41, 5.74) is 1.13. The van der Waals surface area contributed by atoms with Gasteiger partial charge in [0, 0.05) is 37.3 Å². The van der Waals surface area contributed by atoms with Crippen LogP contribution in [0.25, 0.3) is 11.3 Å². The van der Waals surface area contributed by atoms with E-state index in [0.717, 1.165) is 49.2 Å². The highest BCUT2D eigenvalue weighted by Crippen LogP contribution is 2.37. The number of pyridine rings is 1. The van der Waals surface area contributed by atoms with Crippen molar-refractivity contribution in [2.24, 2.45) is 5.92 Å². The second-order valence-electron chi connectivity index (χ2n) is 9.88. The molecule has 2 aromatic heterocycles. The molecule has 0 radical (unpaired) electrons. The van der Waals surface area contributed by atoms with E-state index in [1.165, 1.54) is 37.3 Å². The molecule has 3 aromatic rings. The number of carbonyl (C=O) groups is 1. The maximum absolute atomic E-state index is 14.0. The SMILES string of the molecule is C[C@@H]1CCCN(C2CCN(c3nc(-c4ccccc4Cl)c(C(=O)NCc4ncc(F)cc4F)s3)CC2)C1. The van der Waals surface area contributed by atoms with Crippen molar-refractivity contribution in [3.63, 3.8) is 0 Å². The molecule has 1 amide bonds. The number of benzene rings is 1. The molecule has 6 nitrogen and oxygen atoms in total. The molecule has 0 unspecified atom stereocenters. The van der Waals surface area contributed by atoms with Gasteiger partial charge < -0.3 is 10.2 Å². The van der Waals surface area contributed by atoms with Crippen LogP contribution in [0.3, 0.4) is 0 Å². The summed E-state index contributed by atoms with van der Waals surface area (Å²) in [5.74, 6) is -1.22. The summed E-state index contributed by atoms with van der Waals surface area (Å²) in [7, 11) is 0. The Kier molecular flexibility index (Phi) is 8.02. The van der Waals surface area contributed by atoms with Gasteiger partial charge in [-0.3, -0.25) is 14.7 Å². The van der Waals surface area contributed by atoms with Gasteiger partial charge in [0.2, 0.25) is 0 Å². The van der Waals surface area contributed by atoms with Crippen LogP contribution in [0.5, 0.6) is 0 Å². The number of halogens is 3. The Morgan fingerprint density at radius 1 is 1.19 bits per heavy atom. The first-order valence-corrected chi connectivity index (χ1v) is 13.9. The van der Waals surface area contributed by atoms with Crippen molar-refractivity contribution >= 4 is 34.0 Å². The minimum Gasteiger partial charge on any atom is -0.348 e. The first-order chi connectivity index (χ1) is 17.9. The molecule has 4 heterocycles. The smallest absolute Gasteiger partial charge is 0.264 e. The lowest BCUT2D eigenvalue weighted by atomic mass is 9.95. The fourth-order valence-electron chi connectivity index (χ4n) is 5.23. The Bertz CT molecular complexity index is 1260. The van der Waals surface area contributed by atoms with Crippen LogP contribution in [-0.2, 0) is 6.54 Å². The van der Waals surface area contributed by atoms with E-state index in [4.69, 9.17) is 16.6 Å². The van der Waals surface area contributed by atoms with Crippen LogP contribution in [0.15, 0.2) is 36.5 Å². The van der Waals surface area contributed by atoms with Crippen molar-refractivity contribution in [1.82, 2.24) is 20.2 Å². The number of rotatable bonds is 6. The highest BCUT2D eigenvalue weighted by molar-refractivity contribution is 7.18. The number of nitrogens with one attached hydrogen (secondary N) is 1. The second kappa shape index (κ2) is 11.4. The van der Waals surface area contributed by atoms with E-state index in [0.29, 0.717) is 27.2 Å². The normalized spacial score (nSPS) is 19.2. The third kappa shape index (κ3) is 5.94. The highest BCUT2D eigenvalue weighted by Gasteiger charge is 2.30. The molecule has 0 spiro atoms. The van der Waals surface area contributed by atoms with Crippen molar-refractivity contribution < 1.29 is 13.6 Å². The number of anilines is 1. The number of piperidine rings is 2. The fourth-order valence-corrected chi connectivity index (χ4v) is 6.50. The first kappa shape index (κ1) is 26.0. The minimum absolute atomic E-state index is 0.0344. The lowest BCUT2D eigenvalue weighted by molar-refractivity contribution is 0.0954. The van der Waals surface area contributed by atoms with Gasteiger partial charge in [-0.15, -0.1) is 0 Å². The Hall–Kier alpha value is -2.62. The topological polar surface area (TPSA) is 61.4 Å². The molecular weight excluding hydrogens is 516 g/mol. The zero-order valence-electron chi connectivity index (χ0n) is 20.7. The van der Waals surface area contributed by atoms with E-state index in [-0.39, 0.29) is 12.2 Å². The van der Waals surface area contributed by atoms with E-state index < -0.39 is 17.5 Å². The molecule has 0 saturated carbocycles. The Morgan fingerprint density at radius 2 is 1.97 bits per heavy atom. The number of aromatic nitrogens is 2. The van der Waals surface area contributed by atoms with Gasteiger partial charge in [-0.25, -0.2) is 13.8 Å². The molecule has 5 rings (SSSR count). The zero-order valence-corrected chi connectivity index (χ0v) is 22.3. The van der Waals surface area contributed by atoms with Crippen LogP contribution < -0.4 is 10.2 Å². The van der Waals surface area contributed by atoms with Crippen molar-refractivity contribution in [1.29, 1.82) is 0 Å². The summed E-state index contributed by atoms with van der Waals surface area (Å²) in [5, 5.41) is 3.99. The average molecular weight is 546 g/mol. The van der Waals surface area contributed by atoms with E-state index in [9.17, 15) is 13.6 Å². The summed E-state index contributed by atoms with van der Waals surface area (Å²) in [4.78, 5) is 27.2. The summed E-state index contributed by atoms with van der Waals surface area (Å²) in [6.45, 7) is 6.26. The number of nitrogens with zero attached hydrogens (tertiary/aromatic N) is 4. The third-order valence-electron chi connectivity index (χ3n) is 7.19. The van der Waals surface area contributed by atoms with Gasteiger partial charge in [0.05, 0.1) is 29.2 Å². The second-order valence-corrected chi connectivity index (χ2v) is 11.3. The van der Waals surface area contributed by atoms with Crippen LogP contribution in [0.1, 0.15) is 48.0 Å². The van der Waals surface area contributed by atoms with Crippen LogP contribution in [0.2, 0.25) is 5.02 Å². The number of likely N-dealkylation sites (tertiary alicyclic amines) is 1. The number of carbonyl (C=O) groups excluding carboxylic acids is 1. The minimum atomic E-state index is -0.803. The monoisotopic (exact) mass is 545 g/mol. The Morgan fingerprint density at radius 3 is 2.70 bits per heavy atom.